The summed E-state index contributed by atoms with van der Waals surface area (Å²) in [5, 5.41) is 14.4. The molecule has 0 amide bonds. The van der Waals surface area contributed by atoms with E-state index < -0.39 is 40.9 Å². The minimum atomic E-state index is -1.64. The molecule has 10 heteroatoms. The lowest BCUT2D eigenvalue weighted by Crippen LogP contribution is -2.36. The van der Waals surface area contributed by atoms with Gasteiger partial charge >= 0.3 is 11.9 Å². The van der Waals surface area contributed by atoms with Crippen LogP contribution >= 0.6 is 0 Å². The van der Waals surface area contributed by atoms with Gasteiger partial charge in [0.05, 0.1) is 12.3 Å². The first kappa shape index (κ1) is 26.9. The second-order valence-corrected chi connectivity index (χ2v) is 9.47. The number of carboxylic acids is 1. The Kier molecular flexibility index (Phi) is 8.77. The largest absolute Gasteiger partial charge is 0.480 e. The number of carboxylic acid groups (broad SMARTS) is 1. The Labute approximate surface area is 221 Å². The van der Waals surface area contributed by atoms with E-state index in [1.807, 2.05) is 91.0 Å². The van der Waals surface area contributed by atoms with Gasteiger partial charge in [-0.2, -0.15) is 0 Å². The molecule has 2 N–H and O–H groups in total. The summed E-state index contributed by atoms with van der Waals surface area (Å²) in [5.41, 5.74) is 1.40. The lowest BCUT2D eigenvalue weighted by molar-refractivity contribution is -0.156. The number of halogens is 1. The van der Waals surface area contributed by atoms with Crippen LogP contribution in [0.15, 0.2) is 112 Å². The van der Waals surface area contributed by atoms with Gasteiger partial charge in [-0.15, -0.1) is 0 Å². The predicted octanol–water partition coefficient (Wildman–Crippen LogP) is 4.70. The summed E-state index contributed by atoms with van der Waals surface area (Å²) in [7, 11) is -1.35. The van der Waals surface area contributed by atoms with Gasteiger partial charge in [0.15, 0.2) is 11.1 Å². The number of nitrogens with zero attached hydrogens (tertiary/aromatic N) is 2. The first-order valence-corrected chi connectivity index (χ1v) is 13.0. The molecule has 38 heavy (non-hydrogen) atoms. The van der Waals surface area contributed by atoms with Crippen LogP contribution in [0.5, 0.6) is 0 Å². The molecule has 1 aliphatic rings. The van der Waals surface area contributed by atoms with Gasteiger partial charge in [-0.25, -0.2) is 14.2 Å². The molecule has 3 aromatic rings. The number of aliphatic carboxylic acids is 1. The first-order chi connectivity index (χ1) is 18.5. The van der Waals surface area contributed by atoms with Crippen molar-refractivity contribution in [3.05, 3.63) is 119 Å². The maximum Gasteiger partial charge on any atom is 0.326 e. The molecule has 3 aromatic carbocycles. The number of carbonyl (C=O) groups is 2. The van der Waals surface area contributed by atoms with Crippen LogP contribution in [0.2, 0.25) is 0 Å². The van der Waals surface area contributed by atoms with Crippen molar-refractivity contribution in [3.63, 3.8) is 0 Å². The summed E-state index contributed by atoms with van der Waals surface area (Å²) in [5.74, 6) is -3.98. The molecule has 4 rings (SSSR count). The van der Waals surface area contributed by atoms with Crippen molar-refractivity contribution in [2.24, 2.45) is 15.4 Å². The number of hydrogen-bond acceptors (Lipinski definition) is 6. The highest BCUT2D eigenvalue weighted by Crippen LogP contribution is 2.41. The molecular formula is C28H26FN3O5S. The van der Waals surface area contributed by atoms with Crippen molar-refractivity contribution >= 4 is 27.8 Å². The van der Waals surface area contributed by atoms with Gasteiger partial charge in [0, 0.05) is 16.1 Å². The van der Waals surface area contributed by atoms with E-state index in [1.165, 1.54) is 5.41 Å². The monoisotopic (exact) mass is 535 g/mol. The topological polar surface area (TPSA) is 110 Å². The zero-order valence-corrected chi connectivity index (χ0v) is 21.3. The Morgan fingerprint density at radius 2 is 1.45 bits per heavy atom. The van der Waals surface area contributed by atoms with E-state index in [0.717, 1.165) is 16.7 Å². The lowest BCUT2D eigenvalue weighted by Gasteiger charge is -2.32. The van der Waals surface area contributed by atoms with Gasteiger partial charge in [0.25, 0.3) is 0 Å². The third-order valence-electron chi connectivity index (χ3n) is 5.79. The Balaban J connectivity index is 1.96. The SMILES string of the molecule is CCOC(=O)C(C(=O)O)C1=C/S(=N/OCF)C(=NC(c2ccccc2)(c2ccccc2)c2ccccc2)N1. The van der Waals surface area contributed by atoms with Crippen LogP contribution < -0.4 is 5.32 Å². The molecular weight excluding hydrogens is 509 g/mol. The van der Waals surface area contributed by atoms with E-state index in [9.17, 15) is 19.1 Å². The van der Waals surface area contributed by atoms with Gasteiger partial charge in [-0.3, -0.25) is 9.59 Å². The fourth-order valence-corrected chi connectivity index (χ4v) is 5.47. The van der Waals surface area contributed by atoms with Crippen LogP contribution in [0.1, 0.15) is 23.6 Å². The Morgan fingerprint density at radius 3 is 1.87 bits per heavy atom. The van der Waals surface area contributed by atoms with Crippen LogP contribution in [0.3, 0.4) is 0 Å². The fraction of sp³-hybridized carbons (Fsp3) is 0.179. The third kappa shape index (κ3) is 5.56. The van der Waals surface area contributed by atoms with Crippen LogP contribution in [-0.2, 0) is 35.4 Å². The molecule has 0 bridgehead atoms. The van der Waals surface area contributed by atoms with Crippen LogP contribution in [0.4, 0.5) is 4.39 Å². The van der Waals surface area contributed by atoms with Crippen molar-refractivity contribution < 1.29 is 28.7 Å². The maximum atomic E-state index is 13.0. The zero-order valence-electron chi connectivity index (χ0n) is 20.5. The van der Waals surface area contributed by atoms with E-state index in [-0.39, 0.29) is 17.5 Å². The third-order valence-corrected chi connectivity index (χ3v) is 7.13. The number of benzene rings is 3. The first-order valence-electron chi connectivity index (χ1n) is 11.8. The van der Waals surface area contributed by atoms with E-state index >= 15 is 0 Å². The number of esters is 1. The summed E-state index contributed by atoms with van der Waals surface area (Å²) < 4.78 is 21.9. The number of nitrogens with one attached hydrogen (secondary N) is 1. The number of alkyl halides is 1. The predicted molar refractivity (Wildman–Crippen MR) is 142 cm³/mol. The maximum absolute atomic E-state index is 13.0. The highest BCUT2D eigenvalue weighted by Gasteiger charge is 2.40. The summed E-state index contributed by atoms with van der Waals surface area (Å²) in [6.45, 7) is 0.418. The molecule has 0 aliphatic carbocycles. The van der Waals surface area contributed by atoms with Gasteiger partial charge in [-0.05, 0) is 23.6 Å². The second-order valence-electron chi connectivity index (χ2n) is 8.07. The molecule has 196 valence electrons. The van der Waals surface area contributed by atoms with E-state index in [1.54, 1.807) is 6.92 Å². The van der Waals surface area contributed by atoms with Gasteiger partial charge in [-0.1, -0.05) is 95.5 Å². The Hall–Kier alpha value is -4.15. The highest BCUT2D eigenvalue weighted by atomic mass is 32.2. The quantitative estimate of drug-likeness (QED) is 0.169. The molecule has 2 atom stereocenters. The van der Waals surface area contributed by atoms with Gasteiger partial charge < -0.3 is 15.2 Å². The van der Waals surface area contributed by atoms with Crippen LogP contribution in [0, 0.1) is 5.92 Å². The number of hydrogen-bond donors (Lipinski definition) is 2. The van der Waals surface area contributed by atoms with E-state index in [2.05, 4.69) is 9.84 Å². The Morgan fingerprint density at radius 1 is 0.947 bits per heavy atom. The van der Waals surface area contributed by atoms with Gasteiger partial charge in [0.2, 0.25) is 6.86 Å². The average molecular weight is 536 g/mol. The molecule has 0 spiro atoms. The smallest absolute Gasteiger partial charge is 0.326 e. The van der Waals surface area contributed by atoms with Crippen LogP contribution in [0.25, 0.3) is 0 Å². The summed E-state index contributed by atoms with van der Waals surface area (Å²) in [4.78, 5) is 34.4. The standard InChI is InChI=1S/C28H26FN3O5S/c1-2-36-26(35)24(25(33)34)23-18-38(32-37-19-29)27(30-23)31-28(20-12-6-3-7-13-20,21-14-8-4-9-15-21)22-16-10-5-11-17-22/h3-18,24H,2,19H2,1H3,(H,30,31)(H,33,34). The van der Waals surface area contributed by atoms with E-state index in [0.29, 0.717) is 0 Å². The number of amidine groups is 1. The van der Waals surface area contributed by atoms with Crippen molar-refractivity contribution in [3.8, 4) is 0 Å². The molecule has 8 nitrogen and oxygen atoms in total. The Bertz CT molecular complexity index is 1270. The van der Waals surface area contributed by atoms with Crippen molar-refractivity contribution in [1.29, 1.82) is 0 Å². The van der Waals surface area contributed by atoms with Crippen molar-refractivity contribution in [2.75, 3.05) is 13.5 Å². The van der Waals surface area contributed by atoms with Crippen LogP contribution in [-0.4, -0.2) is 35.7 Å². The van der Waals surface area contributed by atoms with Crippen molar-refractivity contribution in [1.82, 2.24) is 5.32 Å². The summed E-state index contributed by atoms with van der Waals surface area (Å²) >= 11 is 0. The molecule has 0 radical (unpaired) electrons. The minimum Gasteiger partial charge on any atom is -0.480 e. The van der Waals surface area contributed by atoms with E-state index in [4.69, 9.17) is 14.6 Å². The van der Waals surface area contributed by atoms with Gasteiger partial charge in [0.1, 0.15) is 5.54 Å². The summed E-state index contributed by atoms with van der Waals surface area (Å²) in [6.07, 6.45) is 0. The molecule has 1 heterocycles. The second kappa shape index (κ2) is 12.4. The lowest BCUT2D eigenvalue weighted by atomic mass is 9.77. The molecule has 0 saturated carbocycles. The summed E-state index contributed by atoms with van der Waals surface area (Å²) in [6, 6.07) is 28.8. The number of aliphatic imine (C=N–C) groups is 1. The molecule has 0 fully saturated rings. The number of carbonyl (C=O) groups excluding carboxylic acids is 1. The minimum absolute atomic E-state index is 0.0109. The normalized spacial score (nSPS) is 17.1. The highest BCUT2D eigenvalue weighted by molar-refractivity contribution is 8.05. The molecule has 0 saturated heterocycles. The van der Waals surface area contributed by atoms with Crippen molar-refractivity contribution in [2.45, 2.75) is 12.5 Å². The number of rotatable bonds is 10. The molecule has 2 unspecified atom stereocenters. The molecule has 1 aliphatic heterocycles. The number of ether oxygens (including phenoxy) is 1. The fourth-order valence-electron chi connectivity index (χ4n) is 4.20. The zero-order chi connectivity index (χ0) is 27.0. The average Bonchev–Trinajstić information content (AvgIpc) is 3.33. The molecule has 0 aromatic heterocycles.